The summed E-state index contributed by atoms with van der Waals surface area (Å²) >= 11 is 0. The molecule has 2 amide bonds. The second kappa shape index (κ2) is 7.48. The van der Waals surface area contributed by atoms with Gasteiger partial charge in [0.1, 0.15) is 0 Å². The van der Waals surface area contributed by atoms with E-state index in [2.05, 4.69) is 15.4 Å². The number of anilines is 1. The molecule has 7 nitrogen and oxygen atoms in total. The molecule has 2 aromatic heterocycles. The number of furan rings is 1. The number of amides is 2. The van der Waals surface area contributed by atoms with Crippen molar-refractivity contribution < 1.29 is 14.0 Å². The molecule has 0 aliphatic carbocycles. The van der Waals surface area contributed by atoms with Crippen molar-refractivity contribution in [1.82, 2.24) is 9.99 Å². The Balaban J connectivity index is 1.65. The summed E-state index contributed by atoms with van der Waals surface area (Å²) in [6, 6.07) is 14.2. The van der Waals surface area contributed by atoms with E-state index in [1.54, 1.807) is 24.5 Å². The number of pyridine rings is 1. The summed E-state index contributed by atoms with van der Waals surface area (Å²) in [5.41, 5.74) is 3.28. The molecule has 1 atom stereocenters. The zero-order chi connectivity index (χ0) is 19.5. The summed E-state index contributed by atoms with van der Waals surface area (Å²) in [4.78, 5) is 28.3. The highest BCUT2D eigenvalue weighted by atomic mass is 16.3. The highest BCUT2D eigenvalue weighted by Crippen LogP contribution is 2.33. The van der Waals surface area contributed by atoms with Gasteiger partial charge in [0.15, 0.2) is 5.76 Å². The van der Waals surface area contributed by atoms with Crippen molar-refractivity contribution in [3.63, 3.8) is 0 Å². The number of hydrogen-bond acceptors (Lipinski definition) is 5. The number of hydrazone groups is 1. The van der Waals surface area contributed by atoms with Gasteiger partial charge in [-0.3, -0.25) is 14.6 Å². The van der Waals surface area contributed by atoms with Gasteiger partial charge in [-0.15, -0.1) is 0 Å². The summed E-state index contributed by atoms with van der Waals surface area (Å²) in [7, 11) is 0. The third-order valence-electron chi connectivity index (χ3n) is 4.46. The fraction of sp³-hybridized carbons (Fsp3) is 0.143. The van der Waals surface area contributed by atoms with Crippen molar-refractivity contribution in [1.29, 1.82) is 0 Å². The van der Waals surface area contributed by atoms with Gasteiger partial charge in [-0.25, -0.2) is 5.01 Å². The summed E-state index contributed by atoms with van der Waals surface area (Å²) in [6.07, 6.45) is 5.45. The fourth-order valence-corrected chi connectivity index (χ4v) is 3.17. The van der Waals surface area contributed by atoms with Gasteiger partial charge in [0.2, 0.25) is 5.91 Å². The number of aromatic nitrogens is 1. The molecule has 0 fully saturated rings. The van der Waals surface area contributed by atoms with Crippen molar-refractivity contribution in [2.24, 2.45) is 5.10 Å². The van der Waals surface area contributed by atoms with Crippen molar-refractivity contribution in [2.75, 3.05) is 5.32 Å². The van der Waals surface area contributed by atoms with Crippen molar-refractivity contribution >= 4 is 23.2 Å². The number of nitrogens with zero attached hydrogens (tertiary/aromatic N) is 3. The van der Waals surface area contributed by atoms with Crippen molar-refractivity contribution in [2.45, 2.75) is 19.4 Å². The number of benzene rings is 1. The van der Waals surface area contributed by atoms with Gasteiger partial charge in [-0.2, -0.15) is 5.10 Å². The monoisotopic (exact) mass is 374 g/mol. The maximum absolute atomic E-state index is 12.9. The van der Waals surface area contributed by atoms with Crippen molar-refractivity contribution in [3.8, 4) is 0 Å². The third kappa shape index (κ3) is 3.55. The Labute approximate surface area is 161 Å². The van der Waals surface area contributed by atoms with E-state index in [1.807, 2.05) is 36.4 Å². The van der Waals surface area contributed by atoms with Crippen LogP contribution in [0.2, 0.25) is 0 Å². The molecule has 1 aliphatic rings. The van der Waals surface area contributed by atoms with Gasteiger partial charge < -0.3 is 9.73 Å². The van der Waals surface area contributed by atoms with E-state index in [0.717, 1.165) is 16.8 Å². The number of nitrogens with one attached hydrogen (secondary N) is 1. The van der Waals surface area contributed by atoms with Crippen LogP contribution in [-0.4, -0.2) is 27.5 Å². The topological polar surface area (TPSA) is 87.8 Å². The lowest BCUT2D eigenvalue weighted by atomic mass is 9.99. The maximum atomic E-state index is 12.9. The minimum Gasteiger partial charge on any atom is -0.459 e. The quantitative estimate of drug-likeness (QED) is 0.755. The van der Waals surface area contributed by atoms with Crippen LogP contribution in [0.3, 0.4) is 0 Å². The number of rotatable bonds is 4. The first-order chi connectivity index (χ1) is 13.6. The van der Waals surface area contributed by atoms with E-state index < -0.39 is 0 Å². The van der Waals surface area contributed by atoms with Crippen molar-refractivity contribution in [3.05, 3.63) is 84.1 Å². The van der Waals surface area contributed by atoms with Crippen LogP contribution < -0.4 is 5.32 Å². The summed E-state index contributed by atoms with van der Waals surface area (Å²) in [5, 5.41) is 8.78. The summed E-state index contributed by atoms with van der Waals surface area (Å²) in [6.45, 7) is 1.46. The van der Waals surface area contributed by atoms with Crippen LogP contribution in [0.25, 0.3) is 0 Å². The zero-order valence-corrected chi connectivity index (χ0v) is 15.2. The summed E-state index contributed by atoms with van der Waals surface area (Å²) in [5.74, 6) is -0.193. The fourth-order valence-electron chi connectivity index (χ4n) is 3.17. The molecule has 140 valence electrons. The molecule has 1 aliphatic heterocycles. The molecule has 0 radical (unpaired) electrons. The van der Waals surface area contributed by atoms with Crippen LogP contribution in [0.4, 0.5) is 5.69 Å². The van der Waals surface area contributed by atoms with Gasteiger partial charge in [-0.1, -0.05) is 18.2 Å². The Morgan fingerprint density at radius 1 is 1.14 bits per heavy atom. The Hall–Kier alpha value is -3.74. The highest BCUT2D eigenvalue weighted by molar-refractivity contribution is 6.05. The molecule has 28 heavy (non-hydrogen) atoms. The Morgan fingerprint density at radius 3 is 2.61 bits per heavy atom. The molecule has 3 heterocycles. The highest BCUT2D eigenvalue weighted by Gasteiger charge is 2.34. The first-order valence-electron chi connectivity index (χ1n) is 8.84. The predicted octanol–water partition coefficient (Wildman–Crippen LogP) is 3.62. The molecule has 0 saturated carbocycles. The Morgan fingerprint density at radius 2 is 1.96 bits per heavy atom. The number of carbonyl (C=O) groups is 2. The van der Waals surface area contributed by atoms with Gasteiger partial charge in [0, 0.05) is 31.4 Å². The molecule has 0 spiro atoms. The van der Waals surface area contributed by atoms with Crippen LogP contribution in [0, 0.1) is 0 Å². The van der Waals surface area contributed by atoms with E-state index in [4.69, 9.17) is 4.42 Å². The van der Waals surface area contributed by atoms with Gasteiger partial charge in [-0.05, 0) is 41.5 Å². The average molecular weight is 374 g/mol. The molecule has 0 saturated heterocycles. The van der Waals surface area contributed by atoms with E-state index in [-0.39, 0.29) is 23.6 Å². The van der Waals surface area contributed by atoms with Gasteiger partial charge in [0.05, 0.1) is 18.0 Å². The first kappa shape index (κ1) is 17.7. The lowest BCUT2D eigenvalue weighted by molar-refractivity contribution is -0.114. The molecular formula is C21H18N4O3. The van der Waals surface area contributed by atoms with E-state index in [9.17, 15) is 9.59 Å². The smallest absolute Gasteiger partial charge is 0.310 e. The van der Waals surface area contributed by atoms with Crippen LogP contribution in [0.1, 0.15) is 41.1 Å². The minimum atomic E-state index is -0.302. The lowest BCUT2D eigenvalue weighted by Crippen LogP contribution is -2.26. The molecule has 0 bridgehead atoms. The molecule has 3 aromatic rings. The lowest BCUT2D eigenvalue weighted by Gasteiger charge is -2.20. The first-order valence-corrected chi connectivity index (χ1v) is 8.84. The van der Waals surface area contributed by atoms with Gasteiger partial charge in [0.25, 0.3) is 0 Å². The van der Waals surface area contributed by atoms with Crippen LogP contribution in [0.15, 0.2) is 76.7 Å². The minimum absolute atomic E-state index is 0.127. The van der Waals surface area contributed by atoms with E-state index >= 15 is 0 Å². The largest absolute Gasteiger partial charge is 0.459 e. The normalized spacial score (nSPS) is 16.0. The van der Waals surface area contributed by atoms with E-state index in [1.165, 1.54) is 18.2 Å². The molecule has 1 N–H and O–H groups in total. The third-order valence-corrected chi connectivity index (χ3v) is 4.46. The average Bonchev–Trinajstić information content (AvgIpc) is 3.39. The Kier molecular flexibility index (Phi) is 4.72. The molecule has 4 rings (SSSR count). The zero-order valence-electron chi connectivity index (χ0n) is 15.2. The maximum Gasteiger partial charge on any atom is 0.310 e. The number of carbonyl (C=O) groups excluding carboxylic acids is 2. The SMILES string of the molecule is CC(=O)Nc1ccc(C2=NN(C(=O)c3ccco3)C(c3cccnc3)C2)cc1. The van der Waals surface area contributed by atoms with Gasteiger partial charge >= 0.3 is 5.91 Å². The summed E-state index contributed by atoms with van der Waals surface area (Å²) < 4.78 is 5.27. The molecule has 7 heteroatoms. The molecule has 1 unspecified atom stereocenters. The second-order valence-electron chi connectivity index (χ2n) is 6.44. The van der Waals surface area contributed by atoms with E-state index in [0.29, 0.717) is 12.1 Å². The second-order valence-corrected chi connectivity index (χ2v) is 6.44. The number of hydrogen-bond donors (Lipinski definition) is 1. The van der Waals surface area contributed by atoms with Crippen LogP contribution in [-0.2, 0) is 4.79 Å². The predicted molar refractivity (Wildman–Crippen MR) is 104 cm³/mol. The van der Waals surface area contributed by atoms with Crippen LogP contribution >= 0.6 is 0 Å². The van der Waals surface area contributed by atoms with Crippen LogP contribution in [0.5, 0.6) is 0 Å². The molecule has 1 aromatic carbocycles. The Bertz CT molecular complexity index is 1010. The molecular weight excluding hydrogens is 356 g/mol. The standard InChI is InChI=1S/C21H18N4O3/c1-14(26)23-17-8-6-15(7-9-17)18-12-19(16-4-2-10-22-13-16)25(24-18)21(27)20-5-3-11-28-20/h2-11,13,19H,12H2,1H3,(H,23,26).